The van der Waals surface area contributed by atoms with Gasteiger partial charge in [0.2, 0.25) is 5.95 Å². The summed E-state index contributed by atoms with van der Waals surface area (Å²) in [6.07, 6.45) is 3.07. The van der Waals surface area contributed by atoms with Crippen LogP contribution in [-0.4, -0.2) is 42.0 Å². The Morgan fingerprint density at radius 2 is 2.44 bits per heavy atom. The molecule has 1 fully saturated rings. The quantitative estimate of drug-likeness (QED) is 0.872. The number of hydrogen-bond donors (Lipinski definition) is 1. The molecule has 2 heterocycles. The number of imidazole rings is 1. The van der Waals surface area contributed by atoms with E-state index in [1.54, 1.807) is 7.11 Å². The monoisotopic (exact) mass is 253 g/mol. The lowest BCUT2D eigenvalue weighted by atomic mass is 10.0. The molecule has 0 aromatic carbocycles. The number of ether oxygens (including phenoxy) is 2. The van der Waals surface area contributed by atoms with Crippen LogP contribution < -0.4 is 5.32 Å². The van der Waals surface area contributed by atoms with Gasteiger partial charge in [-0.05, 0) is 27.2 Å². The number of methoxy groups -OCH3 is 1. The summed E-state index contributed by atoms with van der Waals surface area (Å²) in [5.41, 5.74) is 1.01. The zero-order valence-electron chi connectivity index (χ0n) is 11.7. The maximum atomic E-state index is 5.46. The van der Waals surface area contributed by atoms with Gasteiger partial charge in [0.1, 0.15) is 0 Å². The van der Waals surface area contributed by atoms with Gasteiger partial charge >= 0.3 is 0 Å². The predicted octanol–water partition coefficient (Wildman–Crippen LogP) is 1.99. The van der Waals surface area contributed by atoms with Gasteiger partial charge in [0.05, 0.1) is 30.5 Å². The topological polar surface area (TPSA) is 48.3 Å². The largest absolute Gasteiger partial charge is 0.383 e. The molecule has 102 valence electrons. The van der Waals surface area contributed by atoms with E-state index >= 15 is 0 Å². The van der Waals surface area contributed by atoms with E-state index in [0.29, 0.717) is 6.61 Å². The molecule has 0 amide bonds. The molecule has 2 unspecified atom stereocenters. The van der Waals surface area contributed by atoms with Crippen molar-refractivity contribution in [2.24, 2.45) is 0 Å². The van der Waals surface area contributed by atoms with Gasteiger partial charge in [-0.15, -0.1) is 0 Å². The molecule has 1 N–H and O–H groups in total. The zero-order chi connectivity index (χ0) is 13.2. The van der Waals surface area contributed by atoms with Gasteiger partial charge in [0.25, 0.3) is 0 Å². The van der Waals surface area contributed by atoms with E-state index in [-0.39, 0.29) is 11.6 Å². The summed E-state index contributed by atoms with van der Waals surface area (Å²) in [5.74, 6) is 0.907. The second-order valence-electron chi connectivity index (χ2n) is 5.41. The molecule has 0 radical (unpaired) electrons. The molecule has 5 heteroatoms. The molecule has 1 aliphatic heterocycles. The third kappa shape index (κ3) is 2.84. The van der Waals surface area contributed by atoms with Crippen molar-refractivity contribution in [3.05, 3.63) is 11.9 Å². The first kappa shape index (κ1) is 13.4. The summed E-state index contributed by atoms with van der Waals surface area (Å²) in [5, 5.41) is 3.52. The summed E-state index contributed by atoms with van der Waals surface area (Å²) in [4.78, 5) is 4.56. The number of aryl methyl sites for hydroxylation is 1. The van der Waals surface area contributed by atoms with Gasteiger partial charge in [-0.1, -0.05) is 0 Å². The van der Waals surface area contributed by atoms with Crippen LogP contribution in [0.15, 0.2) is 6.20 Å². The fourth-order valence-corrected chi connectivity index (χ4v) is 2.30. The van der Waals surface area contributed by atoms with Gasteiger partial charge < -0.3 is 19.4 Å². The first-order valence-electron chi connectivity index (χ1n) is 6.44. The minimum absolute atomic E-state index is 0.0116. The highest BCUT2D eigenvalue weighted by Crippen LogP contribution is 2.25. The van der Waals surface area contributed by atoms with Gasteiger partial charge in [-0.3, -0.25) is 0 Å². The summed E-state index contributed by atoms with van der Waals surface area (Å²) in [6, 6.07) is 0.268. The summed E-state index contributed by atoms with van der Waals surface area (Å²) in [7, 11) is 1.72. The Kier molecular flexibility index (Phi) is 3.92. The second kappa shape index (κ2) is 5.28. The molecule has 5 nitrogen and oxygen atoms in total. The molecule has 1 aromatic rings. The average molecular weight is 253 g/mol. The Bertz CT molecular complexity index is 397. The zero-order valence-corrected chi connectivity index (χ0v) is 11.7. The van der Waals surface area contributed by atoms with Crippen LogP contribution in [0.4, 0.5) is 5.95 Å². The van der Waals surface area contributed by atoms with Crippen LogP contribution in [0, 0.1) is 6.92 Å². The molecule has 0 aliphatic carbocycles. The van der Waals surface area contributed by atoms with Crippen LogP contribution >= 0.6 is 0 Å². The van der Waals surface area contributed by atoms with Gasteiger partial charge in [-0.2, -0.15) is 0 Å². The van der Waals surface area contributed by atoms with Crippen LogP contribution in [0.3, 0.4) is 0 Å². The van der Waals surface area contributed by atoms with E-state index < -0.39 is 0 Å². The Hall–Kier alpha value is -1.07. The standard InChI is InChI=1S/C13H23N3O2/c1-10-7-16(11(2)8-17-4)12(14-10)15-13(3)5-6-18-9-13/h7,11H,5-6,8-9H2,1-4H3,(H,14,15). The minimum atomic E-state index is -0.0116. The van der Waals surface area contributed by atoms with Crippen LogP contribution in [0.25, 0.3) is 0 Å². The van der Waals surface area contributed by atoms with Crippen LogP contribution in [-0.2, 0) is 9.47 Å². The molecule has 2 atom stereocenters. The SMILES string of the molecule is COCC(C)n1cc(C)nc1NC1(C)CCOC1. The predicted molar refractivity (Wildman–Crippen MR) is 71.0 cm³/mol. The van der Waals surface area contributed by atoms with E-state index in [2.05, 4.69) is 34.9 Å². The normalized spacial score (nSPS) is 25.3. The van der Waals surface area contributed by atoms with E-state index in [0.717, 1.165) is 31.3 Å². The van der Waals surface area contributed by atoms with Crippen LogP contribution in [0.2, 0.25) is 0 Å². The van der Waals surface area contributed by atoms with Crippen LogP contribution in [0.5, 0.6) is 0 Å². The number of rotatable bonds is 5. The van der Waals surface area contributed by atoms with E-state index in [1.165, 1.54) is 0 Å². The highest BCUT2D eigenvalue weighted by molar-refractivity contribution is 5.34. The summed E-state index contributed by atoms with van der Waals surface area (Å²) >= 11 is 0. The maximum Gasteiger partial charge on any atom is 0.203 e. The van der Waals surface area contributed by atoms with E-state index in [1.807, 2.05) is 6.92 Å². The van der Waals surface area contributed by atoms with Crippen molar-refractivity contribution < 1.29 is 9.47 Å². The molecule has 0 spiro atoms. The average Bonchev–Trinajstić information content (AvgIpc) is 2.86. The number of aromatic nitrogens is 2. The number of hydrogen-bond acceptors (Lipinski definition) is 4. The van der Waals surface area contributed by atoms with Crippen molar-refractivity contribution in [2.45, 2.75) is 38.8 Å². The molecule has 1 aliphatic rings. The lowest BCUT2D eigenvalue weighted by Crippen LogP contribution is -2.36. The molecule has 0 saturated carbocycles. The molecule has 2 rings (SSSR count). The fraction of sp³-hybridized carbons (Fsp3) is 0.769. The van der Waals surface area contributed by atoms with E-state index in [9.17, 15) is 0 Å². The first-order chi connectivity index (χ1) is 8.54. The molecule has 1 aromatic heterocycles. The van der Waals surface area contributed by atoms with Crippen molar-refractivity contribution in [3.63, 3.8) is 0 Å². The molecular weight excluding hydrogens is 230 g/mol. The number of anilines is 1. The lowest BCUT2D eigenvalue weighted by molar-refractivity contribution is 0.162. The Balaban J connectivity index is 2.16. The van der Waals surface area contributed by atoms with Crippen molar-refractivity contribution in [1.29, 1.82) is 0 Å². The second-order valence-corrected chi connectivity index (χ2v) is 5.41. The Morgan fingerprint density at radius 1 is 1.67 bits per heavy atom. The van der Waals surface area contributed by atoms with Gasteiger partial charge in [-0.25, -0.2) is 4.98 Å². The highest BCUT2D eigenvalue weighted by atomic mass is 16.5. The Labute approximate surface area is 108 Å². The lowest BCUT2D eigenvalue weighted by Gasteiger charge is -2.26. The number of nitrogens with one attached hydrogen (secondary N) is 1. The summed E-state index contributed by atoms with van der Waals surface area (Å²) < 4.78 is 12.8. The molecule has 0 bridgehead atoms. The van der Waals surface area contributed by atoms with Crippen molar-refractivity contribution >= 4 is 5.95 Å². The Morgan fingerprint density at radius 3 is 3.06 bits per heavy atom. The van der Waals surface area contributed by atoms with Crippen molar-refractivity contribution in [3.8, 4) is 0 Å². The van der Waals surface area contributed by atoms with Gasteiger partial charge in [0, 0.05) is 19.9 Å². The van der Waals surface area contributed by atoms with Crippen LogP contribution in [0.1, 0.15) is 32.0 Å². The molecule has 18 heavy (non-hydrogen) atoms. The third-order valence-corrected chi connectivity index (χ3v) is 3.37. The smallest absolute Gasteiger partial charge is 0.203 e. The molecule has 1 saturated heterocycles. The van der Waals surface area contributed by atoms with Gasteiger partial charge in [0.15, 0.2) is 0 Å². The third-order valence-electron chi connectivity index (χ3n) is 3.37. The maximum absolute atomic E-state index is 5.46. The number of nitrogens with zero attached hydrogens (tertiary/aromatic N) is 2. The highest BCUT2D eigenvalue weighted by Gasteiger charge is 2.31. The minimum Gasteiger partial charge on any atom is -0.383 e. The molecular formula is C13H23N3O2. The van der Waals surface area contributed by atoms with E-state index in [4.69, 9.17) is 9.47 Å². The fourth-order valence-electron chi connectivity index (χ4n) is 2.30. The van der Waals surface area contributed by atoms with Crippen molar-refractivity contribution in [2.75, 3.05) is 32.2 Å². The van der Waals surface area contributed by atoms with Crippen molar-refractivity contribution in [1.82, 2.24) is 9.55 Å². The summed E-state index contributed by atoms with van der Waals surface area (Å²) in [6.45, 7) is 8.54. The first-order valence-corrected chi connectivity index (χ1v) is 6.44.